The summed E-state index contributed by atoms with van der Waals surface area (Å²) in [5, 5.41) is 2.95. The Morgan fingerprint density at radius 1 is 1.19 bits per heavy atom. The van der Waals surface area contributed by atoms with Crippen LogP contribution in [0.4, 0.5) is 11.5 Å². The van der Waals surface area contributed by atoms with Crippen molar-refractivity contribution in [2.75, 3.05) is 16.6 Å². The van der Waals surface area contributed by atoms with Crippen LogP contribution in [-0.4, -0.2) is 24.9 Å². The van der Waals surface area contributed by atoms with Crippen LogP contribution in [0.2, 0.25) is 0 Å². The fourth-order valence-electron chi connectivity index (χ4n) is 1.90. The molecule has 0 amide bonds. The molecule has 0 aliphatic carbocycles. The second-order valence-corrected chi connectivity index (χ2v) is 6.22. The SMILES string of the molecule is CCNc1ncccc1S(=O)(=O)Nc1ccc(C)nc1C. The van der Waals surface area contributed by atoms with E-state index in [1.807, 2.05) is 13.8 Å². The van der Waals surface area contributed by atoms with E-state index in [9.17, 15) is 8.42 Å². The lowest BCUT2D eigenvalue weighted by atomic mass is 10.3. The predicted octanol–water partition coefficient (Wildman–Crippen LogP) is 2.33. The van der Waals surface area contributed by atoms with Crippen molar-refractivity contribution in [3.8, 4) is 0 Å². The first-order valence-corrected chi connectivity index (χ1v) is 8.08. The molecule has 2 rings (SSSR count). The lowest BCUT2D eigenvalue weighted by molar-refractivity contribution is 0.601. The van der Waals surface area contributed by atoms with Crippen molar-refractivity contribution in [3.05, 3.63) is 41.9 Å². The summed E-state index contributed by atoms with van der Waals surface area (Å²) in [6.07, 6.45) is 1.55. The number of aromatic nitrogens is 2. The number of rotatable bonds is 5. The van der Waals surface area contributed by atoms with Gasteiger partial charge in [0, 0.05) is 18.4 Å². The normalized spacial score (nSPS) is 11.2. The van der Waals surface area contributed by atoms with Crippen molar-refractivity contribution < 1.29 is 8.42 Å². The lowest BCUT2D eigenvalue weighted by Gasteiger charge is -2.13. The summed E-state index contributed by atoms with van der Waals surface area (Å²) in [5.74, 6) is 0.338. The zero-order valence-electron chi connectivity index (χ0n) is 12.2. The van der Waals surface area contributed by atoms with Crippen LogP contribution in [-0.2, 0) is 10.0 Å². The molecule has 6 nitrogen and oxygen atoms in total. The van der Waals surface area contributed by atoms with E-state index >= 15 is 0 Å². The maximum absolute atomic E-state index is 12.5. The van der Waals surface area contributed by atoms with E-state index < -0.39 is 10.0 Å². The number of aryl methyl sites for hydroxylation is 2. The number of hydrogen-bond acceptors (Lipinski definition) is 5. The van der Waals surface area contributed by atoms with Crippen LogP contribution < -0.4 is 10.0 Å². The van der Waals surface area contributed by atoms with Gasteiger partial charge in [0.1, 0.15) is 10.7 Å². The lowest BCUT2D eigenvalue weighted by Crippen LogP contribution is -2.17. The van der Waals surface area contributed by atoms with E-state index in [4.69, 9.17) is 0 Å². The molecule has 2 heterocycles. The minimum absolute atomic E-state index is 0.117. The van der Waals surface area contributed by atoms with Gasteiger partial charge in [0.05, 0.1) is 11.4 Å². The predicted molar refractivity (Wildman–Crippen MR) is 82.9 cm³/mol. The van der Waals surface area contributed by atoms with Crippen molar-refractivity contribution in [2.24, 2.45) is 0 Å². The van der Waals surface area contributed by atoms with Crippen molar-refractivity contribution >= 4 is 21.5 Å². The van der Waals surface area contributed by atoms with E-state index in [0.717, 1.165) is 5.69 Å². The first-order chi connectivity index (χ1) is 9.94. The summed E-state index contributed by atoms with van der Waals surface area (Å²) in [6, 6.07) is 6.58. The summed E-state index contributed by atoms with van der Waals surface area (Å²) >= 11 is 0. The molecular formula is C14H18N4O2S. The minimum Gasteiger partial charge on any atom is -0.369 e. The first-order valence-electron chi connectivity index (χ1n) is 6.60. The zero-order chi connectivity index (χ0) is 15.5. The highest BCUT2D eigenvalue weighted by atomic mass is 32.2. The van der Waals surface area contributed by atoms with E-state index in [2.05, 4.69) is 20.0 Å². The van der Waals surface area contributed by atoms with Crippen LogP contribution in [0.3, 0.4) is 0 Å². The third kappa shape index (κ3) is 3.49. The Balaban J connectivity index is 2.39. The fourth-order valence-corrected chi connectivity index (χ4v) is 3.15. The molecule has 21 heavy (non-hydrogen) atoms. The van der Waals surface area contributed by atoms with Gasteiger partial charge in [-0.25, -0.2) is 13.4 Å². The van der Waals surface area contributed by atoms with Crippen LogP contribution in [0, 0.1) is 13.8 Å². The highest BCUT2D eigenvalue weighted by molar-refractivity contribution is 7.92. The number of anilines is 2. The number of pyridine rings is 2. The summed E-state index contributed by atoms with van der Waals surface area (Å²) in [6.45, 7) is 6.09. The van der Waals surface area contributed by atoms with Gasteiger partial charge in [-0.2, -0.15) is 0 Å². The molecule has 0 fully saturated rings. The smallest absolute Gasteiger partial charge is 0.265 e. The third-order valence-electron chi connectivity index (χ3n) is 2.87. The number of nitrogens with zero attached hydrogens (tertiary/aromatic N) is 2. The van der Waals surface area contributed by atoms with Crippen molar-refractivity contribution in [2.45, 2.75) is 25.7 Å². The van der Waals surface area contributed by atoms with Gasteiger partial charge in [0.15, 0.2) is 0 Å². The van der Waals surface area contributed by atoms with Crippen LogP contribution in [0.5, 0.6) is 0 Å². The van der Waals surface area contributed by atoms with Gasteiger partial charge in [-0.05, 0) is 45.0 Å². The minimum atomic E-state index is -3.72. The average Bonchev–Trinajstić information content (AvgIpc) is 2.43. The standard InChI is InChI=1S/C14H18N4O2S/c1-4-15-14-13(6-5-9-16-14)21(19,20)18-12-8-7-10(2)17-11(12)3/h5-9,18H,4H2,1-3H3,(H,15,16). The largest absolute Gasteiger partial charge is 0.369 e. The van der Waals surface area contributed by atoms with Crippen LogP contribution in [0.25, 0.3) is 0 Å². The molecule has 112 valence electrons. The van der Waals surface area contributed by atoms with Gasteiger partial charge in [0.2, 0.25) is 0 Å². The zero-order valence-corrected chi connectivity index (χ0v) is 13.0. The topological polar surface area (TPSA) is 84.0 Å². The summed E-state index contributed by atoms with van der Waals surface area (Å²) in [5.41, 5.74) is 1.93. The third-order valence-corrected chi connectivity index (χ3v) is 4.27. The highest BCUT2D eigenvalue weighted by Crippen LogP contribution is 2.22. The van der Waals surface area contributed by atoms with Gasteiger partial charge < -0.3 is 5.32 Å². The van der Waals surface area contributed by atoms with E-state index in [1.165, 1.54) is 6.07 Å². The maximum Gasteiger partial charge on any atom is 0.265 e. The summed E-state index contributed by atoms with van der Waals surface area (Å²) in [7, 11) is -3.72. The molecule has 7 heteroatoms. The van der Waals surface area contributed by atoms with E-state index in [1.54, 1.807) is 31.3 Å². The van der Waals surface area contributed by atoms with E-state index in [0.29, 0.717) is 23.7 Å². The molecule has 0 saturated heterocycles. The van der Waals surface area contributed by atoms with E-state index in [-0.39, 0.29) is 4.90 Å². The summed E-state index contributed by atoms with van der Waals surface area (Å²) in [4.78, 5) is 8.44. The second-order valence-electron chi connectivity index (χ2n) is 4.57. The molecule has 0 bridgehead atoms. The molecule has 0 spiro atoms. The maximum atomic E-state index is 12.5. The fraction of sp³-hybridized carbons (Fsp3) is 0.286. The molecule has 2 aromatic rings. The summed E-state index contributed by atoms with van der Waals surface area (Å²) < 4.78 is 27.6. The number of sulfonamides is 1. The van der Waals surface area contributed by atoms with Crippen molar-refractivity contribution in [1.29, 1.82) is 0 Å². The molecule has 0 aliphatic rings. The Hall–Kier alpha value is -2.15. The molecule has 2 aromatic heterocycles. The van der Waals surface area contributed by atoms with Crippen molar-refractivity contribution in [3.63, 3.8) is 0 Å². The Morgan fingerprint density at radius 2 is 1.95 bits per heavy atom. The van der Waals surface area contributed by atoms with Crippen LogP contribution >= 0.6 is 0 Å². The molecule has 0 radical (unpaired) electrons. The molecule has 0 atom stereocenters. The van der Waals surface area contributed by atoms with Gasteiger partial charge in [0.25, 0.3) is 10.0 Å². The van der Waals surface area contributed by atoms with Crippen LogP contribution in [0.15, 0.2) is 35.4 Å². The Morgan fingerprint density at radius 3 is 2.62 bits per heavy atom. The monoisotopic (exact) mass is 306 g/mol. The van der Waals surface area contributed by atoms with Crippen LogP contribution in [0.1, 0.15) is 18.3 Å². The number of nitrogens with one attached hydrogen (secondary N) is 2. The molecule has 0 aromatic carbocycles. The second kappa shape index (κ2) is 6.09. The van der Waals surface area contributed by atoms with Gasteiger partial charge in [-0.15, -0.1) is 0 Å². The molecule has 0 unspecified atom stereocenters. The quantitative estimate of drug-likeness (QED) is 0.885. The van der Waals surface area contributed by atoms with Crippen molar-refractivity contribution in [1.82, 2.24) is 9.97 Å². The Labute approximate surface area is 124 Å². The first kappa shape index (κ1) is 15.2. The van der Waals surface area contributed by atoms with Gasteiger partial charge in [-0.3, -0.25) is 9.71 Å². The van der Waals surface area contributed by atoms with Gasteiger partial charge in [-0.1, -0.05) is 0 Å². The molecule has 0 saturated carbocycles. The Kier molecular flexibility index (Phi) is 4.42. The molecule has 2 N–H and O–H groups in total. The Bertz CT molecular complexity index is 744. The van der Waals surface area contributed by atoms with Gasteiger partial charge >= 0.3 is 0 Å². The highest BCUT2D eigenvalue weighted by Gasteiger charge is 2.20. The average molecular weight is 306 g/mol. The molecule has 0 aliphatic heterocycles. The number of hydrogen-bond donors (Lipinski definition) is 2. The molecular weight excluding hydrogens is 288 g/mol.